The summed E-state index contributed by atoms with van der Waals surface area (Å²) in [6.45, 7) is 5.93. The summed E-state index contributed by atoms with van der Waals surface area (Å²) in [4.78, 5) is 51.8. The first-order valence-corrected chi connectivity index (χ1v) is 9.27. The van der Waals surface area contributed by atoms with E-state index in [9.17, 15) is 19.2 Å². The Morgan fingerprint density at radius 1 is 0.821 bits per heavy atom. The zero-order valence-electron chi connectivity index (χ0n) is 17.4. The molecule has 0 N–H and O–H groups in total. The number of hydrogen-bond donors (Lipinski definition) is 0. The van der Waals surface area contributed by atoms with Gasteiger partial charge in [0, 0.05) is 25.7 Å². The molecular weight excluding hydrogens is 362 g/mol. The van der Waals surface area contributed by atoms with E-state index in [2.05, 4.69) is 0 Å². The molecule has 28 heavy (non-hydrogen) atoms. The molecule has 0 aliphatic rings. The van der Waals surface area contributed by atoms with Crippen molar-refractivity contribution in [2.75, 3.05) is 32.2 Å². The lowest BCUT2D eigenvalue weighted by Gasteiger charge is -2.29. The number of rotatable bonds is 10. The number of nitrogens with zero attached hydrogens (tertiary/aromatic N) is 1. The second-order valence-electron chi connectivity index (χ2n) is 6.69. The molecule has 0 aliphatic heterocycles. The molecule has 154 valence electrons. The van der Waals surface area contributed by atoms with Crippen LogP contribution in [-0.2, 0) is 28.7 Å². The Hall–Kier alpha value is -2.70. The maximum absolute atomic E-state index is 12.6. The number of carbonyl (C=O) groups is 4. The Balaban J connectivity index is 3.58. The summed E-state index contributed by atoms with van der Waals surface area (Å²) in [7, 11) is 3.75. The van der Waals surface area contributed by atoms with Crippen molar-refractivity contribution in [3.63, 3.8) is 0 Å². The Kier molecular flexibility index (Phi) is 8.82. The van der Waals surface area contributed by atoms with E-state index in [0.29, 0.717) is 5.56 Å². The van der Waals surface area contributed by atoms with E-state index in [1.165, 1.54) is 13.8 Å². The third-order valence-corrected chi connectivity index (χ3v) is 4.47. The van der Waals surface area contributed by atoms with Crippen LogP contribution in [0.3, 0.4) is 0 Å². The van der Waals surface area contributed by atoms with Crippen molar-refractivity contribution >= 4 is 29.2 Å². The molecule has 1 aromatic rings. The van der Waals surface area contributed by atoms with Crippen LogP contribution in [0.1, 0.15) is 39.2 Å². The predicted molar refractivity (Wildman–Crippen MR) is 105 cm³/mol. The van der Waals surface area contributed by atoms with Crippen LogP contribution in [0, 0.1) is 11.8 Å². The minimum Gasteiger partial charge on any atom is -0.465 e. The average Bonchev–Trinajstić information content (AvgIpc) is 2.61. The molecule has 7 heteroatoms. The van der Waals surface area contributed by atoms with Gasteiger partial charge in [0.05, 0.1) is 13.2 Å². The number of carbonyl (C=O) groups excluding carboxylic acids is 4. The first-order chi connectivity index (χ1) is 13.1. The van der Waals surface area contributed by atoms with Gasteiger partial charge < -0.3 is 14.4 Å². The van der Waals surface area contributed by atoms with Crippen molar-refractivity contribution in [3.8, 4) is 0 Å². The number of hydrogen-bond acceptors (Lipinski definition) is 7. The van der Waals surface area contributed by atoms with Gasteiger partial charge in [-0.15, -0.1) is 0 Å². The van der Waals surface area contributed by atoms with Crippen molar-refractivity contribution < 1.29 is 28.7 Å². The third-order valence-electron chi connectivity index (χ3n) is 4.47. The molecule has 0 fully saturated rings. The van der Waals surface area contributed by atoms with Crippen molar-refractivity contribution in [2.45, 2.75) is 33.6 Å². The van der Waals surface area contributed by atoms with Crippen LogP contribution >= 0.6 is 0 Å². The van der Waals surface area contributed by atoms with Crippen LogP contribution in [0.25, 0.3) is 0 Å². The molecular formula is C21H29NO6. The zero-order valence-corrected chi connectivity index (χ0v) is 17.4. The highest BCUT2D eigenvalue weighted by Gasteiger charge is 2.45. The number of ether oxygens (including phenoxy) is 2. The fourth-order valence-electron chi connectivity index (χ4n) is 3.17. The molecule has 2 atom stereocenters. The van der Waals surface area contributed by atoms with Crippen LogP contribution in [0.4, 0.5) is 5.69 Å². The lowest BCUT2D eigenvalue weighted by Crippen LogP contribution is -2.40. The lowest BCUT2D eigenvalue weighted by atomic mass is 9.73. The van der Waals surface area contributed by atoms with Crippen molar-refractivity contribution in [1.29, 1.82) is 0 Å². The van der Waals surface area contributed by atoms with E-state index in [1.807, 2.05) is 19.0 Å². The fourth-order valence-corrected chi connectivity index (χ4v) is 3.17. The number of anilines is 1. The predicted octanol–water partition coefficient (Wildman–Crippen LogP) is 2.37. The highest BCUT2D eigenvalue weighted by atomic mass is 16.5. The lowest BCUT2D eigenvalue weighted by molar-refractivity contribution is -0.157. The topological polar surface area (TPSA) is 90.0 Å². The first-order valence-electron chi connectivity index (χ1n) is 9.27. The maximum Gasteiger partial charge on any atom is 0.317 e. The van der Waals surface area contributed by atoms with E-state index in [1.54, 1.807) is 38.1 Å². The van der Waals surface area contributed by atoms with Gasteiger partial charge in [0.15, 0.2) is 0 Å². The standard InChI is InChI=1S/C21H29NO6/c1-7-27-20(25)17(13(3)23)19(18(14(4)24)21(26)28-8-2)15-9-11-16(12-10-15)22(5)6/h9-12,17-19H,7-8H2,1-6H3/t17-,18-/m0/s1. The molecule has 0 bridgehead atoms. The molecule has 0 saturated heterocycles. The van der Waals surface area contributed by atoms with Crippen molar-refractivity contribution in [2.24, 2.45) is 11.8 Å². The third kappa shape index (κ3) is 5.65. The summed E-state index contributed by atoms with van der Waals surface area (Å²) in [5, 5.41) is 0. The zero-order chi connectivity index (χ0) is 21.4. The molecule has 7 nitrogen and oxygen atoms in total. The second kappa shape index (κ2) is 10.6. The summed E-state index contributed by atoms with van der Waals surface area (Å²) in [5.74, 6) is -6.05. The van der Waals surface area contributed by atoms with Crippen LogP contribution in [-0.4, -0.2) is 50.8 Å². The summed E-state index contributed by atoms with van der Waals surface area (Å²) in [6.07, 6.45) is 0. The molecule has 1 aromatic carbocycles. The highest BCUT2D eigenvalue weighted by molar-refractivity contribution is 6.04. The summed E-state index contributed by atoms with van der Waals surface area (Å²) in [6, 6.07) is 7.02. The Morgan fingerprint density at radius 2 is 1.21 bits per heavy atom. The van der Waals surface area contributed by atoms with E-state index in [4.69, 9.17) is 9.47 Å². The van der Waals surface area contributed by atoms with Gasteiger partial charge in [0.2, 0.25) is 0 Å². The summed E-state index contributed by atoms with van der Waals surface area (Å²) >= 11 is 0. The van der Waals surface area contributed by atoms with Crippen molar-refractivity contribution in [1.82, 2.24) is 0 Å². The summed E-state index contributed by atoms with van der Waals surface area (Å²) in [5.41, 5.74) is 1.42. The fraction of sp³-hybridized carbons (Fsp3) is 0.524. The van der Waals surface area contributed by atoms with Gasteiger partial charge in [0.1, 0.15) is 23.4 Å². The van der Waals surface area contributed by atoms with Gasteiger partial charge >= 0.3 is 11.9 Å². The second-order valence-corrected chi connectivity index (χ2v) is 6.69. The van der Waals surface area contributed by atoms with Crippen LogP contribution in [0.2, 0.25) is 0 Å². The van der Waals surface area contributed by atoms with Crippen LogP contribution in [0.15, 0.2) is 24.3 Å². The Bertz CT molecular complexity index is 674. The van der Waals surface area contributed by atoms with Gasteiger partial charge in [-0.05, 0) is 45.4 Å². The largest absolute Gasteiger partial charge is 0.465 e. The van der Waals surface area contributed by atoms with Gasteiger partial charge in [0.25, 0.3) is 0 Å². The number of Topliss-reactive ketones (excluding diaryl/α,β-unsaturated/α-hetero) is 2. The van der Waals surface area contributed by atoms with E-state index >= 15 is 0 Å². The molecule has 0 spiro atoms. The number of ketones is 2. The minimum absolute atomic E-state index is 0.0824. The molecule has 0 heterocycles. The van der Waals surface area contributed by atoms with Gasteiger partial charge in [-0.1, -0.05) is 12.1 Å². The number of benzene rings is 1. The number of esters is 2. The molecule has 1 rings (SSSR count). The Morgan fingerprint density at radius 3 is 1.50 bits per heavy atom. The van der Waals surface area contributed by atoms with Gasteiger partial charge in [-0.25, -0.2) is 0 Å². The van der Waals surface area contributed by atoms with Crippen molar-refractivity contribution in [3.05, 3.63) is 29.8 Å². The van der Waals surface area contributed by atoms with Crippen LogP contribution in [0.5, 0.6) is 0 Å². The molecule has 0 amide bonds. The van der Waals surface area contributed by atoms with Crippen LogP contribution < -0.4 is 4.90 Å². The average molecular weight is 391 g/mol. The van der Waals surface area contributed by atoms with E-state index in [0.717, 1.165) is 5.69 Å². The van der Waals surface area contributed by atoms with E-state index < -0.39 is 41.3 Å². The quantitative estimate of drug-likeness (QED) is 0.447. The van der Waals surface area contributed by atoms with Gasteiger partial charge in [-0.3, -0.25) is 19.2 Å². The SMILES string of the molecule is CCOC(=O)[C@@H](C(C)=O)C(c1ccc(N(C)C)cc1)[C@H](C(C)=O)C(=O)OCC. The maximum atomic E-state index is 12.6. The summed E-state index contributed by atoms with van der Waals surface area (Å²) < 4.78 is 10.1. The minimum atomic E-state index is -1.29. The molecule has 0 saturated carbocycles. The molecule has 0 radical (unpaired) electrons. The smallest absolute Gasteiger partial charge is 0.317 e. The van der Waals surface area contributed by atoms with Gasteiger partial charge in [-0.2, -0.15) is 0 Å². The molecule has 0 aliphatic carbocycles. The first kappa shape index (κ1) is 23.3. The highest BCUT2D eigenvalue weighted by Crippen LogP contribution is 2.36. The monoisotopic (exact) mass is 391 g/mol. The molecule has 0 aromatic heterocycles. The normalized spacial score (nSPS) is 12.8. The molecule has 0 unspecified atom stereocenters. The van der Waals surface area contributed by atoms with E-state index in [-0.39, 0.29) is 13.2 Å². The Labute approximate surface area is 166 Å².